The molecule has 2 aromatic rings. The van der Waals surface area contributed by atoms with E-state index in [-0.39, 0.29) is 12.3 Å². The third kappa shape index (κ3) is 7.06. The second-order valence-electron chi connectivity index (χ2n) is 7.92. The van der Waals surface area contributed by atoms with E-state index in [4.69, 9.17) is 21.3 Å². The van der Waals surface area contributed by atoms with Crippen molar-refractivity contribution in [2.75, 3.05) is 25.4 Å². The summed E-state index contributed by atoms with van der Waals surface area (Å²) < 4.78 is 31.7. The fourth-order valence-corrected chi connectivity index (χ4v) is 4.90. The molecule has 0 saturated heterocycles. The molecule has 0 bridgehead atoms. The Balaban J connectivity index is 1.50. The SMILES string of the molecule is CCCS(=O)(=O)NCCOc1ccc(C)c(CCN=C2CCC2c2ccc(Cl)cc2)c1. The number of rotatable bonds is 11. The maximum Gasteiger partial charge on any atom is 0.211 e. The van der Waals surface area contributed by atoms with Gasteiger partial charge in [0.25, 0.3) is 0 Å². The lowest BCUT2D eigenvalue weighted by Gasteiger charge is -2.29. The summed E-state index contributed by atoms with van der Waals surface area (Å²) >= 11 is 5.99. The molecule has 3 rings (SSSR count). The number of sulfonamides is 1. The summed E-state index contributed by atoms with van der Waals surface area (Å²) in [4.78, 5) is 4.86. The van der Waals surface area contributed by atoms with Gasteiger partial charge in [-0.25, -0.2) is 13.1 Å². The van der Waals surface area contributed by atoms with Crippen LogP contribution in [0.2, 0.25) is 5.02 Å². The van der Waals surface area contributed by atoms with Crippen LogP contribution in [0.5, 0.6) is 5.75 Å². The van der Waals surface area contributed by atoms with Crippen LogP contribution in [0.4, 0.5) is 0 Å². The molecular formula is C24H31ClN2O3S. The molecule has 168 valence electrons. The lowest BCUT2D eigenvalue weighted by Crippen LogP contribution is -2.30. The highest BCUT2D eigenvalue weighted by Crippen LogP contribution is 2.34. The van der Waals surface area contributed by atoms with E-state index in [1.165, 1.54) is 22.4 Å². The van der Waals surface area contributed by atoms with Gasteiger partial charge in [0.15, 0.2) is 0 Å². The Morgan fingerprint density at radius 3 is 2.65 bits per heavy atom. The lowest BCUT2D eigenvalue weighted by molar-refractivity contribution is 0.322. The zero-order valence-corrected chi connectivity index (χ0v) is 19.8. The molecule has 2 aromatic carbocycles. The van der Waals surface area contributed by atoms with E-state index in [0.717, 1.165) is 36.6 Å². The van der Waals surface area contributed by atoms with Crippen molar-refractivity contribution in [2.24, 2.45) is 4.99 Å². The standard InChI is InChI=1S/C24H31ClN2O3S/c1-3-16-31(28,29)27-14-15-30-22-9-4-18(2)20(17-22)12-13-26-24-11-10-23(24)19-5-7-21(25)8-6-19/h4-9,17,23,27H,3,10-16H2,1-2H3. The van der Waals surface area contributed by atoms with E-state index in [9.17, 15) is 8.42 Å². The molecular weight excluding hydrogens is 432 g/mol. The van der Waals surface area contributed by atoms with Gasteiger partial charge in [-0.15, -0.1) is 0 Å². The first kappa shape index (κ1) is 23.8. The molecule has 7 heteroatoms. The van der Waals surface area contributed by atoms with E-state index in [0.29, 0.717) is 18.9 Å². The van der Waals surface area contributed by atoms with Gasteiger partial charge < -0.3 is 4.74 Å². The van der Waals surface area contributed by atoms with Crippen molar-refractivity contribution in [3.63, 3.8) is 0 Å². The molecule has 0 radical (unpaired) electrons. The van der Waals surface area contributed by atoms with Gasteiger partial charge in [-0.05, 0) is 73.6 Å². The highest BCUT2D eigenvalue weighted by Gasteiger charge is 2.27. The van der Waals surface area contributed by atoms with Gasteiger partial charge in [0.1, 0.15) is 12.4 Å². The van der Waals surface area contributed by atoms with E-state index in [1.54, 1.807) is 0 Å². The Morgan fingerprint density at radius 1 is 1.19 bits per heavy atom. The summed E-state index contributed by atoms with van der Waals surface area (Å²) in [5.74, 6) is 1.32. The van der Waals surface area contributed by atoms with Crippen molar-refractivity contribution in [2.45, 2.75) is 45.4 Å². The van der Waals surface area contributed by atoms with Gasteiger partial charge in [0, 0.05) is 29.7 Å². The molecule has 31 heavy (non-hydrogen) atoms. The molecule has 1 N–H and O–H groups in total. The Morgan fingerprint density at radius 2 is 1.97 bits per heavy atom. The Bertz CT molecular complexity index is 1000. The summed E-state index contributed by atoms with van der Waals surface area (Å²) in [6, 6.07) is 14.1. The van der Waals surface area contributed by atoms with E-state index in [2.05, 4.69) is 23.8 Å². The van der Waals surface area contributed by atoms with Gasteiger partial charge in [-0.1, -0.05) is 36.7 Å². The summed E-state index contributed by atoms with van der Waals surface area (Å²) in [5.41, 5.74) is 4.97. The number of aryl methyl sites for hydroxylation is 1. The monoisotopic (exact) mass is 462 g/mol. The molecule has 0 spiro atoms. The van der Waals surface area contributed by atoms with Crippen molar-refractivity contribution in [1.82, 2.24) is 4.72 Å². The maximum atomic E-state index is 11.7. The van der Waals surface area contributed by atoms with Gasteiger partial charge >= 0.3 is 0 Å². The first-order chi connectivity index (χ1) is 14.9. The molecule has 1 saturated carbocycles. The molecule has 0 heterocycles. The maximum absolute atomic E-state index is 11.7. The Hall–Kier alpha value is -1.89. The smallest absolute Gasteiger partial charge is 0.211 e. The van der Waals surface area contributed by atoms with Crippen molar-refractivity contribution < 1.29 is 13.2 Å². The molecule has 0 amide bonds. The zero-order chi connectivity index (χ0) is 22.3. The number of hydrogen-bond acceptors (Lipinski definition) is 4. The van der Waals surface area contributed by atoms with Gasteiger partial charge in [-0.2, -0.15) is 0 Å². The average molecular weight is 463 g/mol. The molecule has 1 fully saturated rings. The average Bonchev–Trinajstić information content (AvgIpc) is 2.71. The molecule has 0 aromatic heterocycles. The van der Waals surface area contributed by atoms with Crippen molar-refractivity contribution in [3.8, 4) is 5.75 Å². The normalized spacial score (nSPS) is 17.5. The highest BCUT2D eigenvalue weighted by molar-refractivity contribution is 7.89. The third-order valence-electron chi connectivity index (χ3n) is 5.55. The number of ether oxygens (including phenoxy) is 1. The number of aliphatic imine (C=N–C) groups is 1. The number of nitrogens with zero attached hydrogens (tertiary/aromatic N) is 1. The molecule has 5 nitrogen and oxygen atoms in total. The van der Waals surface area contributed by atoms with Crippen LogP contribution in [-0.2, 0) is 16.4 Å². The van der Waals surface area contributed by atoms with Crippen molar-refractivity contribution >= 4 is 27.3 Å². The van der Waals surface area contributed by atoms with Gasteiger partial charge in [0.2, 0.25) is 10.0 Å². The summed E-state index contributed by atoms with van der Waals surface area (Å²) in [5, 5.41) is 0.762. The second kappa shape index (κ2) is 11.1. The van der Waals surface area contributed by atoms with E-state index in [1.807, 2.05) is 37.3 Å². The van der Waals surface area contributed by atoms with Crippen LogP contribution in [-0.4, -0.2) is 39.6 Å². The van der Waals surface area contributed by atoms with Crippen LogP contribution in [0.25, 0.3) is 0 Å². The second-order valence-corrected chi connectivity index (χ2v) is 10.3. The first-order valence-corrected chi connectivity index (χ1v) is 12.9. The summed E-state index contributed by atoms with van der Waals surface area (Å²) in [6.45, 7) is 5.25. The topological polar surface area (TPSA) is 67.8 Å². The van der Waals surface area contributed by atoms with Crippen LogP contribution in [0.3, 0.4) is 0 Å². The summed E-state index contributed by atoms with van der Waals surface area (Å²) in [6.07, 6.45) is 3.65. The van der Waals surface area contributed by atoms with Gasteiger partial charge in [0.05, 0.1) is 5.75 Å². The number of nitrogens with one attached hydrogen (secondary N) is 1. The predicted molar refractivity (Wildman–Crippen MR) is 128 cm³/mol. The van der Waals surface area contributed by atoms with Crippen LogP contribution < -0.4 is 9.46 Å². The van der Waals surface area contributed by atoms with E-state index >= 15 is 0 Å². The number of benzene rings is 2. The van der Waals surface area contributed by atoms with Crippen molar-refractivity contribution in [1.29, 1.82) is 0 Å². The van der Waals surface area contributed by atoms with Crippen LogP contribution in [0.15, 0.2) is 47.5 Å². The number of hydrogen-bond donors (Lipinski definition) is 1. The number of halogens is 1. The largest absolute Gasteiger partial charge is 0.492 e. The first-order valence-electron chi connectivity index (χ1n) is 10.9. The molecule has 1 aliphatic carbocycles. The van der Waals surface area contributed by atoms with Crippen molar-refractivity contribution in [3.05, 3.63) is 64.2 Å². The molecule has 0 aliphatic heterocycles. The molecule has 1 unspecified atom stereocenters. The van der Waals surface area contributed by atoms with Crippen LogP contribution in [0, 0.1) is 6.92 Å². The fourth-order valence-electron chi connectivity index (χ4n) is 3.70. The van der Waals surface area contributed by atoms with Gasteiger partial charge in [-0.3, -0.25) is 4.99 Å². The fraction of sp³-hybridized carbons (Fsp3) is 0.458. The minimum absolute atomic E-state index is 0.142. The minimum Gasteiger partial charge on any atom is -0.492 e. The predicted octanol–water partition coefficient (Wildman–Crippen LogP) is 4.92. The Kier molecular flexibility index (Phi) is 8.52. The summed E-state index contributed by atoms with van der Waals surface area (Å²) in [7, 11) is -3.20. The minimum atomic E-state index is -3.20. The third-order valence-corrected chi connectivity index (χ3v) is 7.39. The molecule has 1 atom stereocenters. The van der Waals surface area contributed by atoms with E-state index < -0.39 is 10.0 Å². The zero-order valence-electron chi connectivity index (χ0n) is 18.2. The quantitative estimate of drug-likeness (QED) is 0.482. The Labute approximate surface area is 190 Å². The lowest BCUT2D eigenvalue weighted by atomic mass is 9.78. The highest BCUT2D eigenvalue weighted by atomic mass is 35.5. The van der Waals surface area contributed by atoms with Crippen LogP contribution >= 0.6 is 11.6 Å². The van der Waals surface area contributed by atoms with Crippen LogP contribution in [0.1, 0.15) is 48.8 Å². The molecule has 1 aliphatic rings.